The lowest BCUT2D eigenvalue weighted by Gasteiger charge is -2.35. The van der Waals surface area contributed by atoms with Gasteiger partial charge in [-0.05, 0) is 56.2 Å². The third kappa shape index (κ3) is 5.63. The van der Waals surface area contributed by atoms with Gasteiger partial charge in [0.25, 0.3) is 5.91 Å². The minimum atomic E-state index is -0.964. The Morgan fingerprint density at radius 2 is 1.84 bits per heavy atom. The fourth-order valence-electron chi connectivity index (χ4n) is 4.46. The lowest BCUT2D eigenvalue weighted by Crippen LogP contribution is -2.48. The Morgan fingerprint density at radius 3 is 2.45 bits per heavy atom. The molecule has 1 aromatic rings. The Hall–Kier alpha value is -2.44. The molecule has 0 bridgehead atoms. The molecule has 1 aromatic carbocycles. The summed E-state index contributed by atoms with van der Waals surface area (Å²) < 4.78 is 13.3. The number of hydrogen-bond donors (Lipinski definition) is 1. The van der Waals surface area contributed by atoms with Crippen LogP contribution in [0.1, 0.15) is 71.3 Å². The van der Waals surface area contributed by atoms with Crippen molar-refractivity contribution in [3.05, 3.63) is 35.6 Å². The van der Waals surface area contributed by atoms with Gasteiger partial charge in [-0.15, -0.1) is 0 Å². The van der Waals surface area contributed by atoms with Gasteiger partial charge in [-0.3, -0.25) is 14.5 Å². The number of amides is 4. The van der Waals surface area contributed by atoms with E-state index < -0.39 is 11.6 Å². The zero-order chi connectivity index (χ0) is 22.6. The maximum atomic E-state index is 13.3. The Kier molecular flexibility index (Phi) is 7.34. The first-order chi connectivity index (χ1) is 14.7. The van der Waals surface area contributed by atoms with Crippen molar-refractivity contribution in [2.45, 2.75) is 83.8 Å². The summed E-state index contributed by atoms with van der Waals surface area (Å²) in [6.45, 7) is 5.96. The van der Waals surface area contributed by atoms with Crippen LogP contribution < -0.4 is 5.32 Å². The van der Waals surface area contributed by atoms with Gasteiger partial charge in [0.15, 0.2) is 0 Å². The van der Waals surface area contributed by atoms with Crippen LogP contribution in [0.5, 0.6) is 0 Å². The van der Waals surface area contributed by atoms with E-state index in [1.807, 2.05) is 0 Å². The van der Waals surface area contributed by atoms with Crippen LogP contribution in [0.2, 0.25) is 0 Å². The molecule has 1 aliphatic heterocycles. The summed E-state index contributed by atoms with van der Waals surface area (Å²) in [4.78, 5) is 41.7. The predicted molar refractivity (Wildman–Crippen MR) is 117 cm³/mol. The lowest BCUT2D eigenvalue weighted by atomic mass is 9.92. The number of hydrogen-bond acceptors (Lipinski definition) is 3. The van der Waals surface area contributed by atoms with Gasteiger partial charge in [-0.2, -0.15) is 0 Å². The quantitative estimate of drug-likeness (QED) is 0.626. The Bertz CT molecular complexity index is 805. The summed E-state index contributed by atoms with van der Waals surface area (Å²) in [6, 6.07) is 5.69. The van der Waals surface area contributed by atoms with Crippen molar-refractivity contribution in [1.82, 2.24) is 15.1 Å². The molecular weight excluding hydrogens is 397 g/mol. The van der Waals surface area contributed by atoms with E-state index in [2.05, 4.69) is 19.2 Å². The normalized spacial score (nSPS) is 22.2. The fraction of sp³-hybridized carbons (Fsp3) is 0.625. The maximum absolute atomic E-state index is 13.3. The number of halogens is 1. The van der Waals surface area contributed by atoms with Crippen LogP contribution in [0, 0.1) is 11.7 Å². The molecule has 6 nitrogen and oxygen atoms in total. The third-order valence-electron chi connectivity index (χ3n) is 6.46. The van der Waals surface area contributed by atoms with Gasteiger partial charge < -0.3 is 10.2 Å². The molecule has 1 heterocycles. The zero-order valence-electron chi connectivity index (χ0n) is 18.8. The van der Waals surface area contributed by atoms with E-state index >= 15 is 0 Å². The van der Waals surface area contributed by atoms with E-state index in [4.69, 9.17) is 0 Å². The summed E-state index contributed by atoms with van der Waals surface area (Å²) in [7, 11) is 0. The summed E-state index contributed by atoms with van der Waals surface area (Å²) >= 11 is 0. The molecule has 0 spiro atoms. The summed E-state index contributed by atoms with van der Waals surface area (Å²) in [6.07, 6.45) is 6.40. The monoisotopic (exact) mass is 431 g/mol. The second-order valence-corrected chi connectivity index (χ2v) is 9.53. The lowest BCUT2D eigenvalue weighted by molar-refractivity contribution is -0.141. The molecule has 3 rings (SSSR count). The van der Waals surface area contributed by atoms with Crippen LogP contribution in [0.4, 0.5) is 9.18 Å². The van der Waals surface area contributed by atoms with Gasteiger partial charge >= 0.3 is 6.03 Å². The first kappa shape index (κ1) is 23.2. The SMILES string of the molecule is CC(C)CC[C@@]1(C)NC(=O)N(CC(=O)N(Cc2ccc(F)cc2)C2CCCCC2)C1=O. The van der Waals surface area contributed by atoms with Crippen LogP contribution in [0.15, 0.2) is 24.3 Å². The smallest absolute Gasteiger partial charge is 0.325 e. The van der Waals surface area contributed by atoms with E-state index in [0.29, 0.717) is 18.9 Å². The van der Waals surface area contributed by atoms with Crippen LogP contribution >= 0.6 is 0 Å². The fourth-order valence-corrected chi connectivity index (χ4v) is 4.46. The topological polar surface area (TPSA) is 69.7 Å². The van der Waals surface area contributed by atoms with Gasteiger partial charge in [0.05, 0.1) is 0 Å². The van der Waals surface area contributed by atoms with Crippen molar-refractivity contribution < 1.29 is 18.8 Å². The molecule has 1 atom stereocenters. The van der Waals surface area contributed by atoms with E-state index in [-0.39, 0.29) is 30.2 Å². The molecule has 31 heavy (non-hydrogen) atoms. The molecule has 1 saturated carbocycles. The van der Waals surface area contributed by atoms with E-state index in [0.717, 1.165) is 49.0 Å². The van der Waals surface area contributed by atoms with Crippen molar-refractivity contribution in [2.75, 3.05) is 6.54 Å². The summed E-state index contributed by atoms with van der Waals surface area (Å²) in [5.74, 6) is -0.487. The molecule has 4 amide bonds. The first-order valence-electron chi connectivity index (χ1n) is 11.4. The molecular formula is C24H34FN3O3. The van der Waals surface area contributed by atoms with Crippen LogP contribution in [0.25, 0.3) is 0 Å². The number of carbonyl (C=O) groups is 3. The van der Waals surface area contributed by atoms with Crippen molar-refractivity contribution in [3.8, 4) is 0 Å². The number of rotatable bonds is 8. The maximum Gasteiger partial charge on any atom is 0.325 e. The summed E-state index contributed by atoms with van der Waals surface area (Å²) in [5.41, 5.74) is -0.131. The second-order valence-electron chi connectivity index (χ2n) is 9.53. The van der Waals surface area contributed by atoms with Crippen molar-refractivity contribution >= 4 is 17.8 Å². The standard InChI is InChI=1S/C24H34FN3O3/c1-17(2)13-14-24(3)22(30)28(23(31)26-24)16-21(29)27(20-7-5-4-6-8-20)15-18-9-11-19(25)12-10-18/h9-12,17,20H,4-8,13-16H2,1-3H3,(H,26,31)/t24-/m1/s1. The largest absolute Gasteiger partial charge is 0.334 e. The molecule has 1 aliphatic carbocycles. The minimum absolute atomic E-state index is 0.0689. The molecule has 1 saturated heterocycles. The van der Waals surface area contributed by atoms with Crippen molar-refractivity contribution in [1.29, 1.82) is 0 Å². The Morgan fingerprint density at radius 1 is 1.19 bits per heavy atom. The van der Waals surface area contributed by atoms with E-state index in [1.165, 1.54) is 12.1 Å². The number of benzene rings is 1. The molecule has 0 aromatic heterocycles. The minimum Gasteiger partial charge on any atom is -0.334 e. The van der Waals surface area contributed by atoms with Gasteiger partial charge in [0.2, 0.25) is 5.91 Å². The number of imide groups is 1. The van der Waals surface area contributed by atoms with Gasteiger partial charge in [0.1, 0.15) is 17.9 Å². The van der Waals surface area contributed by atoms with Crippen LogP contribution in [-0.4, -0.2) is 45.8 Å². The average Bonchev–Trinajstić information content (AvgIpc) is 2.96. The van der Waals surface area contributed by atoms with Crippen LogP contribution in [-0.2, 0) is 16.1 Å². The molecule has 1 N–H and O–H groups in total. The third-order valence-corrected chi connectivity index (χ3v) is 6.46. The van der Waals surface area contributed by atoms with Gasteiger partial charge in [-0.1, -0.05) is 45.2 Å². The van der Waals surface area contributed by atoms with Crippen molar-refractivity contribution in [3.63, 3.8) is 0 Å². The Balaban J connectivity index is 1.73. The number of nitrogens with one attached hydrogen (secondary N) is 1. The molecule has 2 aliphatic rings. The molecule has 0 radical (unpaired) electrons. The van der Waals surface area contributed by atoms with E-state index in [1.54, 1.807) is 24.0 Å². The highest BCUT2D eigenvalue weighted by Crippen LogP contribution is 2.27. The predicted octanol–water partition coefficient (Wildman–Crippen LogP) is 4.23. The highest BCUT2D eigenvalue weighted by atomic mass is 19.1. The summed E-state index contributed by atoms with van der Waals surface area (Å²) in [5, 5.41) is 2.79. The second kappa shape index (κ2) is 9.79. The number of urea groups is 1. The highest BCUT2D eigenvalue weighted by molar-refractivity contribution is 6.08. The number of nitrogens with zero attached hydrogens (tertiary/aromatic N) is 2. The molecule has 170 valence electrons. The van der Waals surface area contributed by atoms with Gasteiger partial charge in [-0.25, -0.2) is 9.18 Å². The van der Waals surface area contributed by atoms with Crippen LogP contribution in [0.3, 0.4) is 0 Å². The average molecular weight is 432 g/mol. The highest BCUT2D eigenvalue weighted by Gasteiger charge is 2.48. The van der Waals surface area contributed by atoms with Crippen molar-refractivity contribution in [2.24, 2.45) is 5.92 Å². The molecule has 0 unspecified atom stereocenters. The Labute approximate surface area is 184 Å². The number of carbonyl (C=O) groups excluding carboxylic acids is 3. The zero-order valence-corrected chi connectivity index (χ0v) is 18.8. The van der Waals surface area contributed by atoms with E-state index in [9.17, 15) is 18.8 Å². The molecule has 7 heteroatoms. The first-order valence-corrected chi connectivity index (χ1v) is 11.4. The van der Waals surface area contributed by atoms with Gasteiger partial charge in [0, 0.05) is 12.6 Å². The molecule has 2 fully saturated rings.